The average Bonchev–Trinajstić information content (AvgIpc) is 3.11. The Morgan fingerprint density at radius 2 is 2.11 bits per heavy atom. The van der Waals surface area contributed by atoms with Crippen molar-refractivity contribution in [2.75, 3.05) is 20.3 Å². The van der Waals surface area contributed by atoms with E-state index in [1.807, 2.05) is 12.1 Å². The molecule has 0 spiro atoms. The van der Waals surface area contributed by atoms with Gasteiger partial charge in [0, 0.05) is 12.6 Å². The van der Waals surface area contributed by atoms with E-state index in [4.69, 9.17) is 14.2 Å². The van der Waals surface area contributed by atoms with Gasteiger partial charge in [0.05, 0.1) is 7.11 Å². The smallest absolute Gasteiger partial charge is 0.203 e. The number of nitrogens with one attached hydrogen (secondary N) is 1. The number of hydrogen-bond acceptors (Lipinski definition) is 4. The highest BCUT2D eigenvalue weighted by Gasteiger charge is 2.31. The summed E-state index contributed by atoms with van der Waals surface area (Å²) in [6, 6.07) is 4.73. The average molecular weight is 249 g/mol. The third-order valence-electron chi connectivity index (χ3n) is 3.57. The molecule has 1 heterocycles. The van der Waals surface area contributed by atoms with E-state index in [-0.39, 0.29) is 0 Å². The molecule has 0 aromatic heterocycles. The number of fused-ring (bicyclic) bond motifs is 1. The summed E-state index contributed by atoms with van der Waals surface area (Å²) in [6.07, 6.45) is 1.28. The first-order valence-corrected chi connectivity index (χ1v) is 6.48. The second-order valence-electron chi connectivity index (χ2n) is 5.02. The minimum Gasteiger partial charge on any atom is -0.493 e. The van der Waals surface area contributed by atoms with Crippen LogP contribution in [-0.4, -0.2) is 26.4 Å². The number of hydrogen-bond donors (Lipinski definition) is 1. The summed E-state index contributed by atoms with van der Waals surface area (Å²) in [5.74, 6) is 3.09. The zero-order valence-corrected chi connectivity index (χ0v) is 10.9. The van der Waals surface area contributed by atoms with Crippen molar-refractivity contribution in [3.8, 4) is 17.2 Å². The second kappa shape index (κ2) is 4.69. The Balaban J connectivity index is 1.77. The number of ether oxygens (including phenoxy) is 3. The number of rotatable bonds is 4. The van der Waals surface area contributed by atoms with Crippen molar-refractivity contribution in [3.63, 3.8) is 0 Å². The minimum absolute atomic E-state index is 0.584. The lowest BCUT2D eigenvalue weighted by Gasteiger charge is -2.21. The molecule has 2 aliphatic rings. The van der Waals surface area contributed by atoms with Crippen LogP contribution in [0.5, 0.6) is 17.2 Å². The molecule has 1 N–H and O–H groups in total. The van der Waals surface area contributed by atoms with Crippen LogP contribution in [0.1, 0.15) is 18.9 Å². The lowest BCUT2D eigenvalue weighted by Crippen LogP contribution is -2.19. The fourth-order valence-electron chi connectivity index (χ4n) is 2.28. The van der Waals surface area contributed by atoms with Crippen LogP contribution in [0.4, 0.5) is 0 Å². The Morgan fingerprint density at radius 1 is 1.33 bits per heavy atom. The Labute approximate surface area is 107 Å². The fraction of sp³-hybridized carbons (Fsp3) is 0.571. The molecule has 3 rings (SSSR count). The molecule has 98 valence electrons. The standard InChI is InChI=1S/C14H19NO3/c1-9-5-11(9)15-8-10-6-12(16-2)14-13(7-10)17-3-4-18-14/h6-7,9,11,15H,3-5,8H2,1-2H3/t9-,11+/m0/s1. The molecule has 0 amide bonds. The molecule has 18 heavy (non-hydrogen) atoms. The van der Waals surface area contributed by atoms with E-state index in [2.05, 4.69) is 12.2 Å². The van der Waals surface area contributed by atoms with E-state index in [0.717, 1.165) is 29.7 Å². The van der Waals surface area contributed by atoms with Gasteiger partial charge in [0.1, 0.15) is 13.2 Å². The van der Waals surface area contributed by atoms with Crippen molar-refractivity contribution in [1.82, 2.24) is 5.32 Å². The summed E-state index contributed by atoms with van der Waals surface area (Å²) in [5, 5.41) is 3.53. The van der Waals surface area contributed by atoms with Gasteiger partial charge in [0.2, 0.25) is 5.75 Å². The van der Waals surface area contributed by atoms with E-state index >= 15 is 0 Å². The second-order valence-corrected chi connectivity index (χ2v) is 5.02. The van der Waals surface area contributed by atoms with Crippen LogP contribution < -0.4 is 19.5 Å². The van der Waals surface area contributed by atoms with Gasteiger partial charge in [-0.2, -0.15) is 0 Å². The van der Waals surface area contributed by atoms with E-state index in [1.54, 1.807) is 7.11 Å². The first-order chi connectivity index (χ1) is 8.78. The molecule has 1 aromatic rings. The van der Waals surface area contributed by atoms with Gasteiger partial charge >= 0.3 is 0 Å². The predicted molar refractivity (Wildman–Crippen MR) is 68.4 cm³/mol. The molecule has 4 nitrogen and oxygen atoms in total. The Hall–Kier alpha value is -1.42. The number of methoxy groups -OCH3 is 1. The highest BCUT2D eigenvalue weighted by Crippen LogP contribution is 2.40. The predicted octanol–water partition coefficient (Wildman–Crippen LogP) is 1.96. The lowest BCUT2D eigenvalue weighted by atomic mass is 10.1. The van der Waals surface area contributed by atoms with Crippen molar-refractivity contribution in [1.29, 1.82) is 0 Å². The molecule has 0 saturated heterocycles. The molecule has 1 aromatic carbocycles. The van der Waals surface area contributed by atoms with Crippen molar-refractivity contribution in [2.24, 2.45) is 5.92 Å². The molecule has 0 unspecified atom stereocenters. The summed E-state index contributed by atoms with van der Waals surface area (Å²) < 4.78 is 16.6. The van der Waals surface area contributed by atoms with Crippen LogP contribution >= 0.6 is 0 Å². The maximum Gasteiger partial charge on any atom is 0.203 e. The van der Waals surface area contributed by atoms with Gasteiger partial charge in [-0.25, -0.2) is 0 Å². The van der Waals surface area contributed by atoms with Crippen LogP contribution in [0.3, 0.4) is 0 Å². The van der Waals surface area contributed by atoms with Crippen molar-refractivity contribution in [2.45, 2.75) is 25.9 Å². The zero-order chi connectivity index (χ0) is 12.5. The zero-order valence-electron chi connectivity index (χ0n) is 10.9. The highest BCUT2D eigenvalue weighted by molar-refractivity contribution is 5.54. The van der Waals surface area contributed by atoms with Gasteiger partial charge in [-0.05, 0) is 30.0 Å². The number of benzene rings is 1. The van der Waals surface area contributed by atoms with Gasteiger partial charge in [-0.15, -0.1) is 0 Å². The van der Waals surface area contributed by atoms with E-state index in [0.29, 0.717) is 19.3 Å². The summed E-state index contributed by atoms with van der Waals surface area (Å²) in [4.78, 5) is 0. The Kier molecular flexibility index (Phi) is 3.04. The summed E-state index contributed by atoms with van der Waals surface area (Å²) in [5.41, 5.74) is 1.18. The first kappa shape index (κ1) is 11.7. The quantitative estimate of drug-likeness (QED) is 0.885. The Morgan fingerprint density at radius 3 is 2.83 bits per heavy atom. The fourth-order valence-corrected chi connectivity index (χ4v) is 2.28. The summed E-state index contributed by atoms with van der Waals surface area (Å²) >= 11 is 0. The van der Waals surface area contributed by atoms with Crippen LogP contribution in [0.15, 0.2) is 12.1 Å². The lowest BCUT2D eigenvalue weighted by molar-refractivity contribution is 0.165. The van der Waals surface area contributed by atoms with Gasteiger partial charge in [0.15, 0.2) is 11.5 Å². The molecule has 1 aliphatic carbocycles. The maximum absolute atomic E-state index is 5.62. The molecular formula is C14H19NO3. The third-order valence-corrected chi connectivity index (χ3v) is 3.57. The summed E-state index contributed by atoms with van der Waals surface area (Å²) in [7, 11) is 1.66. The van der Waals surface area contributed by atoms with Gasteiger partial charge in [-0.1, -0.05) is 6.92 Å². The van der Waals surface area contributed by atoms with Gasteiger partial charge in [0.25, 0.3) is 0 Å². The molecule has 4 heteroatoms. The molecular weight excluding hydrogens is 230 g/mol. The molecule has 1 aliphatic heterocycles. The van der Waals surface area contributed by atoms with E-state index in [1.165, 1.54) is 12.0 Å². The van der Waals surface area contributed by atoms with Gasteiger partial charge < -0.3 is 19.5 Å². The molecule has 2 atom stereocenters. The molecule has 1 saturated carbocycles. The van der Waals surface area contributed by atoms with Crippen molar-refractivity contribution < 1.29 is 14.2 Å². The minimum atomic E-state index is 0.584. The van der Waals surface area contributed by atoms with Gasteiger partial charge in [-0.3, -0.25) is 0 Å². The monoisotopic (exact) mass is 249 g/mol. The van der Waals surface area contributed by atoms with Crippen LogP contribution in [0.2, 0.25) is 0 Å². The van der Waals surface area contributed by atoms with E-state index < -0.39 is 0 Å². The highest BCUT2D eigenvalue weighted by atomic mass is 16.6. The van der Waals surface area contributed by atoms with Crippen molar-refractivity contribution >= 4 is 0 Å². The SMILES string of the molecule is COc1cc(CN[C@@H]2C[C@@H]2C)cc2c1OCCO2. The van der Waals surface area contributed by atoms with E-state index in [9.17, 15) is 0 Å². The van der Waals surface area contributed by atoms with Crippen LogP contribution in [0.25, 0.3) is 0 Å². The third kappa shape index (κ3) is 2.25. The largest absolute Gasteiger partial charge is 0.493 e. The first-order valence-electron chi connectivity index (χ1n) is 6.48. The molecule has 1 fully saturated rings. The topological polar surface area (TPSA) is 39.7 Å². The van der Waals surface area contributed by atoms with Crippen molar-refractivity contribution in [3.05, 3.63) is 17.7 Å². The summed E-state index contributed by atoms with van der Waals surface area (Å²) in [6.45, 7) is 4.30. The molecule has 0 radical (unpaired) electrons. The maximum atomic E-state index is 5.62. The normalized spacial score (nSPS) is 24.8. The Bertz CT molecular complexity index is 430. The van der Waals surface area contributed by atoms with Crippen LogP contribution in [0, 0.1) is 5.92 Å². The van der Waals surface area contributed by atoms with Crippen LogP contribution in [-0.2, 0) is 6.54 Å². The molecule has 0 bridgehead atoms.